The van der Waals surface area contributed by atoms with Gasteiger partial charge in [-0.05, 0) is 29.8 Å². The number of nitrogens with one attached hydrogen (secondary N) is 1. The number of thiophene rings is 1. The second kappa shape index (κ2) is 12.4. The fourth-order valence-corrected chi connectivity index (χ4v) is 7.54. The summed E-state index contributed by atoms with van der Waals surface area (Å²) < 4.78 is 2.37. The van der Waals surface area contributed by atoms with E-state index in [4.69, 9.17) is 20.0 Å². The molecule has 9 rings (SSSR count). The molecular formula is C43H29N5S. The van der Waals surface area contributed by atoms with E-state index in [1.54, 1.807) is 11.3 Å². The molecule has 8 aromatic rings. The molecule has 1 N–H and O–H groups in total. The summed E-state index contributed by atoms with van der Waals surface area (Å²) in [7, 11) is 0. The monoisotopic (exact) mass is 647 g/mol. The quantitative estimate of drug-likeness (QED) is 0.195. The predicted octanol–water partition coefficient (Wildman–Crippen LogP) is 10.3. The average Bonchev–Trinajstić information content (AvgIpc) is 3.57. The highest BCUT2D eigenvalue weighted by Gasteiger charge is 2.24. The number of aromatic nitrogens is 2. The van der Waals surface area contributed by atoms with Crippen molar-refractivity contribution in [2.75, 3.05) is 0 Å². The van der Waals surface area contributed by atoms with Crippen LogP contribution in [0.5, 0.6) is 0 Å². The largest absolute Gasteiger partial charge is 0.344 e. The highest BCUT2D eigenvalue weighted by molar-refractivity contribution is 7.26. The van der Waals surface area contributed by atoms with E-state index in [-0.39, 0.29) is 6.17 Å². The van der Waals surface area contributed by atoms with Crippen molar-refractivity contribution < 1.29 is 0 Å². The Labute approximate surface area is 288 Å². The SMILES string of the molecule is c1ccc(C2=NC(c3cc(-c4cc(-c5ccccc5)nc(-c5ccccc5)n4)cc4sc5ccccc5c34)=NC(c3ccccc3)N2)cc1. The minimum Gasteiger partial charge on any atom is -0.344 e. The summed E-state index contributed by atoms with van der Waals surface area (Å²) in [6.45, 7) is 0. The number of aliphatic imine (C=N–C) groups is 2. The zero-order valence-corrected chi connectivity index (χ0v) is 27.2. The first kappa shape index (κ1) is 28.9. The maximum atomic E-state index is 5.29. The van der Waals surface area contributed by atoms with Gasteiger partial charge in [-0.15, -0.1) is 11.3 Å². The van der Waals surface area contributed by atoms with Gasteiger partial charge in [0.2, 0.25) is 0 Å². The third kappa shape index (κ3) is 5.58. The smallest absolute Gasteiger partial charge is 0.160 e. The van der Waals surface area contributed by atoms with Crippen molar-refractivity contribution >= 4 is 43.2 Å². The third-order valence-electron chi connectivity index (χ3n) is 8.75. The van der Waals surface area contributed by atoms with E-state index in [2.05, 4.69) is 108 Å². The first-order valence-corrected chi connectivity index (χ1v) is 17.1. The number of amidine groups is 2. The van der Waals surface area contributed by atoms with Gasteiger partial charge >= 0.3 is 0 Å². The zero-order valence-electron chi connectivity index (χ0n) is 26.4. The van der Waals surface area contributed by atoms with E-state index in [0.29, 0.717) is 11.7 Å². The van der Waals surface area contributed by atoms with Crippen LogP contribution in [0, 0.1) is 0 Å². The highest BCUT2D eigenvalue weighted by Crippen LogP contribution is 2.40. The maximum Gasteiger partial charge on any atom is 0.160 e. The van der Waals surface area contributed by atoms with E-state index >= 15 is 0 Å². The first-order chi connectivity index (χ1) is 24.3. The van der Waals surface area contributed by atoms with Crippen molar-refractivity contribution in [2.45, 2.75) is 6.17 Å². The summed E-state index contributed by atoms with van der Waals surface area (Å²) in [5.41, 5.74) is 7.76. The van der Waals surface area contributed by atoms with Gasteiger partial charge in [-0.25, -0.2) is 20.0 Å². The highest BCUT2D eigenvalue weighted by atomic mass is 32.1. The minimum atomic E-state index is -0.305. The van der Waals surface area contributed by atoms with Gasteiger partial charge < -0.3 is 5.32 Å². The molecule has 0 saturated carbocycles. The molecule has 6 aromatic carbocycles. The fourth-order valence-electron chi connectivity index (χ4n) is 6.36. The first-order valence-electron chi connectivity index (χ1n) is 16.3. The van der Waals surface area contributed by atoms with Crippen LogP contribution in [0.15, 0.2) is 174 Å². The van der Waals surface area contributed by atoms with E-state index in [9.17, 15) is 0 Å². The molecule has 0 fully saturated rings. The summed E-state index contributed by atoms with van der Waals surface area (Å²) in [5.74, 6) is 2.16. The molecule has 1 unspecified atom stereocenters. The van der Waals surface area contributed by atoms with Crippen molar-refractivity contribution in [1.82, 2.24) is 15.3 Å². The van der Waals surface area contributed by atoms with Crippen LogP contribution in [0.25, 0.3) is 54.1 Å². The third-order valence-corrected chi connectivity index (χ3v) is 9.87. The lowest BCUT2D eigenvalue weighted by molar-refractivity contribution is 0.674. The summed E-state index contributed by atoms with van der Waals surface area (Å²) in [5, 5.41) is 5.94. The molecule has 0 aliphatic carbocycles. The lowest BCUT2D eigenvalue weighted by Gasteiger charge is -2.24. The van der Waals surface area contributed by atoms with Gasteiger partial charge in [-0.3, -0.25) is 0 Å². The van der Waals surface area contributed by atoms with E-state index in [1.165, 1.54) is 10.1 Å². The molecule has 0 saturated heterocycles. The van der Waals surface area contributed by atoms with Crippen LogP contribution in [-0.4, -0.2) is 21.6 Å². The molecule has 0 radical (unpaired) electrons. The number of rotatable bonds is 6. The summed E-state index contributed by atoms with van der Waals surface area (Å²) >= 11 is 1.78. The summed E-state index contributed by atoms with van der Waals surface area (Å²) in [6, 6.07) is 56.2. The molecule has 3 heterocycles. The Kier molecular flexibility index (Phi) is 7.33. The lowest BCUT2D eigenvalue weighted by Crippen LogP contribution is -2.33. The minimum absolute atomic E-state index is 0.305. The van der Waals surface area contributed by atoms with Gasteiger partial charge in [-0.1, -0.05) is 140 Å². The molecule has 2 aromatic heterocycles. The van der Waals surface area contributed by atoms with Crippen LogP contribution in [-0.2, 0) is 0 Å². The Bertz CT molecular complexity index is 2450. The molecule has 49 heavy (non-hydrogen) atoms. The van der Waals surface area contributed by atoms with Crippen LogP contribution < -0.4 is 5.32 Å². The predicted molar refractivity (Wildman–Crippen MR) is 203 cm³/mol. The Morgan fingerprint density at radius 3 is 1.82 bits per heavy atom. The molecule has 0 bridgehead atoms. The van der Waals surface area contributed by atoms with Gasteiger partial charge in [0.25, 0.3) is 0 Å². The van der Waals surface area contributed by atoms with Gasteiger partial charge in [-0.2, -0.15) is 0 Å². The van der Waals surface area contributed by atoms with Crippen LogP contribution >= 0.6 is 11.3 Å². The second-order valence-electron chi connectivity index (χ2n) is 11.9. The number of hydrogen-bond donors (Lipinski definition) is 1. The van der Waals surface area contributed by atoms with Crippen molar-refractivity contribution in [2.24, 2.45) is 9.98 Å². The Hall–Kier alpha value is -6.24. The number of nitrogens with zero attached hydrogens (tertiary/aromatic N) is 4. The number of hydrogen-bond acceptors (Lipinski definition) is 6. The average molecular weight is 648 g/mol. The van der Waals surface area contributed by atoms with Gasteiger partial charge in [0, 0.05) is 48.0 Å². The molecule has 1 aliphatic heterocycles. The van der Waals surface area contributed by atoms with E-state index in [1.807, 2.05) is 60.7 Å². The topological polar surface area (TPSA) is 62.5 Å². The molecule has 0 spiro atoms. The number of fused-ring (bicyclic) bond motifs is 3. The molecule has 1 atom stereocenters. The van der Waals surface area contributed by atoms with Crippen LogP contribution in [0.3, 0.4) is 0 Å². The van der Waals surface area contributed by atoms with E-state index < -0.39 is 0 Å². The van der Waals surface area contributed by atoms with Crippen molar-refractivity contribution in [3.8, 4) is 33.9 Å². The molecule has 0 amide bonds. The Morgan fingerprint density at radius 1 is 0.510 bits per heavy atom. The summed E-state index contributed by atoms with van der Waals surface area (Å²) in [4.78, 5) is 20.7. The van der Waals surface area contributed by atoms with Crippen LogP contribution in [0.1, 0.15) is 22.9 Å². The maximum absolute atomic E-state index is 5.29. The molecule has 6 heteroatoms. The van der Waals surface area contributed by atoms with Crippen molar-refractivity contribution in [1.29, 1.82) is 0 Å². The van der Waals surface area contributed by atoms with Crippen LogP contribution in [0.2, 0.25) is 0 Å². The summed E-state index contributed by atoms with van der Waals surface area (Å²) in [6.07, 6.45) is -0.305. The molecule has 1 aliphatic rings. The molecule has 5 nitrogen and oxygen atoms in total. The fraction of sp³-hybridized carbons (Fsp3) is 0.0233. The Morgan fingerprint density at radius 2 is 1.10 bits per heavy atom. The van der Waals surface area contributed by atoms with Gasteiger partial charge in [0.05, 0.1) is 11.4 Å². The number of benzene rings is 6. The molecule has 232 valence electrons. The van der Waals surface area contributed by atoms with Crippen molar-refractivity contribution in [3.63, 3.8) is 0 Å². The second-order valence-corrected chi connectivity index (χ2v) is 13.0. The Balaban J connectivity index is 1.30. The van der Waals surface area contributed by atoms with Crippen molar-refractivity contribution in [3.05, 3.63) is 180 Å². The van der Waals surface area contributed by atoms with Gasteiger partial charge in [0.1, 0.15) is 12.0 Å². The van der Waals surface area contributed by atoms with Gasteiger partial charge in [0.15, 0.2) is 11.7 Å². The molecular weight excluding hydrogens is 619 g/mol. The van der Waals surface area contributed by atoms with Crippen LogP contribution in [0.4, 0.5) is 0 Å². The van der Waals surface area contributed by atoms with E-state index in [0.717, 1.165) is 60.7 Å². The standard InChI is InChI=1S/C43H29N5S/c1-5-15-28(16-6-1)35-27-36(45-40(44-35)29-17-7-2-8-18-29)32-25-34(39-33-23-13-14-24-37(33)49-38(39)26-32)43-47-41(30-19-9-3-10-20-30)46-42(48-43)31-21-11-4-12-22-31/h1-27,41H,(H,46,47,48). The zero-order chi connectivity index (χ0) is 32.6. The normalized spacial score (nSPS) is 14.3. The lowest BCUT2D eigenvalue weighted by atomic mass is 9.99.